The zero-order valence-electron chi connectivity index (χ0n) is 19.1. The van der Waals surface area contributed by atoms with E-state index < -0.39 is 30.5 Å². The molecule has 0 radical (unpaired) electrons. The van der Waals surface area contributed by atoms with E-state index >= 15 is 0 Å². The van der Waals surface area contributed by atoms with E-state index in [2.05, 4.69) is 15.2 Å². The minimum Gasteiger partial charge on any atom is -0.443 e. The molecule has 0 saturated heterocycles. The lowest BCUT2D eigenvalue weighted by Gasteiger charge is -2.36. The predicted octanol–water partition coefficient (Wildman–Crippen LogP) is 6.12. The van der Waals surface area contributed by atoms with Crippen LogP contribution >= 0.6 is 23.2 Å². The van der Waals surface area contributed by atoms with Crippen molar-refractivity contribution in [3.8, 4) is 0 Å². The van der Waals surface area contributed by atoms with Crippen molar-refractivity contribution in [2.45, 2.75) is 52.1 Å². The zero-order chi connectivity index (χ0) is 25.7. The molecular formula is C22H21Cl2F3N6O2. The van der Waals surface area contributed by atoms with Crippen LogP contribution in [0.2, 0.25) is 10.0 Å². The van der Waals surface area contributed by atoms with Crippen LogP contribution in [0, 0.1) is 0 Å². The summed E-state index contributed by atoms with van der Waals surface area (Å²) in [7, 11) is 0. The Bertz CT molecular complexity index is 1310. The number of allylic oxidation sites excluding steroid dienone is 2. The normalized spacial score (nSPS) is 16.5. The first-order valence-electron chi connectivity index (χ1n) is 10.4. The molecule has 186 valence electrons. The number of hydrogen-bond donors (Lipinski definition) is 0. The Morgan fingerprint density at radius 2 is 1.83 bits per heavy atom. The lowest BCUT2D eigenvalue weighted by Crippen LogP contribution is -2.41. The molecule has 3 aromatic rings. The van der Waals surface area contributed by atoms with Gasteiger partial charge in [-0.1, -0.05) is 29.3 Å². The number of fused-ring (bicyclic) bond motifs is 1. The van der Waals surface area contributed by atoms with Gasteiger partial charge in [0.2, 0.25) is 0 Å². The molecule has 3 heterocycles. The molecule has 0 unspecified atom stereocenters. The smallest absolute Gasteiger partial charge is 0.420 e. The van der Waals surface area contributed by atoms with Gasteiger partial charge in [-0.3, -0.25) is 0 Å². The van der Waals surface area contributed by atoms with E-state index in [1.54, 1.807) is 52.0 Å². The molecule has 0 spiro atoms. The highest BCUT2D eigenvalue weighted by molar-refractivity contribution is 6.42. The van der Waals surface area contributed by atoms with Crippen molar-refractivity contribution in [1.29, 1.82) is 0 Å². The van der Waals surface area contributed by atoms with Gasteiger partial charge in [-0.2, -0.15) is 23.4 Å². The summed E-state index contributed by atoms with van der Waals surface area (Å²) in [4.78, 5) is 18.6. The van der Waals surface area contributed by atoms with Crippen molar-refractivity contribution < 1.29 is 22.7 Å². The molecule has 1 aromatic carbocycles. The fraction of sp³-hybridized carbons (Fsp3) is 0.364. The number of benzene rings is 1. The molecule has 13 heteroatoms. The number of anilines is 1. The zero-order valence-corrected chi connectivity index (χ0v) is 20.7. The molecule has 0 saturated carbocycles. The van der Waals surface area contributed by atoms with E-state index in [0.29, 0.717) is 22.1 Å². The van der Waals surface area contributed by atoms with Gasteiger partial charge in [0, 0.05) is 17.3 Å². The minimum atomic E-state index is -4.55. The van der Waals surface area contributed by atoms with Gasteiger partial charge in [-0.15, -0.1) is 0 Å². The summed E-state index contributed by atoms with van der Waals surface area (Å²) in [6.07, 6.45) is -2.76. The van der Waals surface area contributed by atoms with E-state index in [-0.39, 0.29) is 16.4 Å². The van der Waals surface area contributed by atoms with Crippen LogP contribution in [0.3, 0.4) is 0 Å². The van der Waals surface area contributed by atoms with Crippen molar-refractivity contribution in [2.24, 2.45) is 0 Å². The molecule has 1 aliphatic heterocycles. The second-order valence-corrected chi connectivity index (χ2v) is 9.70. The second kappa shape index (κ2) is 8.87. The van der Waals surface area contributed by atoms with Crippen LogP contribution in [-0.4, -0.2) is 42.4 Å². The Morgan fingerprint density at radius 1 is 1.11 bits per heavy atom. The lowest BCUT2D eigenvalue weighted by molar-refractivity contribution is -0.142. The average molecular weight is 529 g/mol. The molecule has 1 atom stereocenters. The first-order valence-corrected chi connectivity index (χ1v) is 11.2. The fourth-order valence-electron chi connectivity index (χ4n) is 3.87. The minimum absolute atomic E-state index is 0.0781. The SMILES string of the molecule is CC1=C(c2ncnn2CC(F)(F)F)[C@@H](c2ccc(Cl)c(Cl)c2)n2nccc2N1C(=O)OC(C)(C)C. The van der Waals surface area contributed by atoms with Crippen LogP contribution in [-0.2, 0) is 11.3 Å². The van der Waals surface area contributed by atoms with E-state index in [0.717, 1.165) is 11.0 Å². The van der Waals surface area contributed by atoms with Crippen LogP contribution in [0.5, 0.6) is 0 Å². The third kappa shape index (κ3) is 5.01. The third-order valence-electron chi connectivity index (χ3n) is 5.14. The number of alkyl halides is 3. The number of amides is 1. The highest BCUT2D eigenvalue weighted by Crippen LogP contribution is 2.44. The average Bonchev–Trinajstić information content (AvgIpc) is 3.36. The van der Waals surface area contributed by atoms with E-state index in [9.17, 15) is 18.0 Å². The van der Waals surface area contributed by atoms with Crippen molar-refractivity contribution in [3.05, 3.63) is 63.9 Å². The summed E-state index contributed by atoms with van der Waals surface area (Å²) in [6.45, 7) is 5.37. The maximum atomic E-state index is 13.3. The molecule has 0 fully saturated rings. The Hall–Kier alpha value is -3.05. The summed E-state index contributed by atoms with van der Waals surface area (Å²) in [6, 6.07) is 5.68. The number of halogens is 5. The second-order valence-electron chi connectivity index (χ2n) is 8.88. The first kappa shape index (κ1) is 25.1. The summed E-state index contributed by atoms with van der Waals surface area (Å²) < 4.78 is 47.8. The van der Waals surface area contributed by atoms with Gasteiger partial charge in [-0.25, -0.2) is 24.0 Å². The van der Waals surface area contributed by atoms with Crippen LogP contribution in [0.4, 0.5) is 23.8 Å². The maximum Gasteiger partial charge on any atom is 0.420 e. The monoisotopic (exact) mass is 528 g/mol. The van der Waals surface area contributed by atoms with E-state index in [4.69, 9.17) is 27.9 Å². The van der Waals surface area contributed by atoms with Gasteiger partial charge in [0.25, 0.3) is 0 Å². The van der Waals surface area contributed by atoms with Crippen LogP contribution in [0.1, 0.15) is 45.1 Å². The molecule has 0 N–H and O–H groups in total. The van der Waals surface area contributed by atoms with Gasteiger partial charge in [0.1, 0.15) is 30.3 Å². The van der Waals surface area contributed by atoms with Crippen molar-refractivity contribution in [2.75, 3.05) is 4.90 Å². The highest BCUT2D eigenvalue weighted by atomic mass is 35.5. The Morgan fingerprint density at radius 3 is 2.46 bits per heavy atom. The van der Waals surface area contributed by atoms with Gasteiger partial charge in [-0.05, 0) is 45.4 Å². The third-order valence-corrected chi connectivity index (χ3v) is 5.88. The van der Waals surface area contributed by atoms with Crippen molar-refractivity contribution in [1.82, 2.24) is 24.5 Å². The summed E-state index contributed by atoms with van der Waals surface area (Å²) >= 11 is 12.4. The summed E-state index contributed by atoms with van der Waals surface area (Å²) in [5.41, 5.74) is 0.329. The Balaban J connectivity index is 1.97. The van der Waals surface area contributed by atoms with Gasteiger partial charge in [0.15, 0.2) is 5.82 Å². The molecule has 0 bridgehead atoms. The summed E-state index contributed by atoms with van der Waals surface area (Å²) in [5, 5.41) is 8.72. The predicted molar refractivity (Wildman–Crippen MR) is 124 cm³/mol. The lowest BCUT2D eigenvalue weighted by atomic mass is 9.94. The number of nitrogens with zero attached hydrogens (tertiary/aromatic N) is 6. The Kier molecular flexibility index (Phi) is 6.35. The van der Waals surface area contributed by atoms with Crippen LogP contribution in [0.25, 0.3) is 5.57 Å². The molecule has 1 aliphatic rings. The first-order chi connectivity index (χ1) is 16.3. The quantitative estimate of drug-likeness (QED) is 0.409. The number of carbonyl (C=O) groups excluding carboxylic acids is 1. The highest BCUT2D eigenvalue weighted by Gasteiger charge is 2.40. The topological polar surface area (TPSA) is 78.1 Å². The van der Waals surface area contributed by atoms with E-state index in [1.165, 1.54) is 15.8 Å². The fourth-order valence-corrected chi connectivity index (χ4v) is 4.17. The molecule has 35 heavy (non-hydrogen) atoms. The van der Waals surface area contributed by atoms with E-state index in [1.807, 2.05) is 0 Å². The van der Waals surface area contributed by atoms with Crippen LogP contribution in [0.15, 0.2) is 42.5 Å². The largest absolute Gasteiger partial charge is 0.443 e. The standard InChI is InChI=1S/C22H21Cl2F3N6O2/c1-12-17(19-28-11-30-31(19)10-22(25,26)27)18(13-5-6-14(23)15(24)9-13)33-16(7-8-29-33)32(12)20(34)35-21(2,3)4/h5-9,11,18H,10H2,1-4H3/t18-/m1/s1. The van der Waals surface area contributed by atoms with Gasteiger partial charge >= 0.3 is 12.3 Å². The van der Waals surface area contributed by atoms with Gasteiger partial charge < -0.3 is 4.74 Å². The molecule has 8 nitrogen and oxygen atoms in total. The number of aromatic nitrogens is 5. The Labute approximate surface area is 208 Å². The summed E-state index contributed by atoms with van der Waals surface area (Å²) in [5.74, 6) is 0.282. The number of carbonyl (C=O) groups is 1. The van der Waals surface area contributed by atoms with Crippen molar-refractivity contribution in [3.63, 3.8) is 0 Å². The maximum absolute atomic E-state index is 13.3. The van der Waals surface area contributed by atoms with Crippen molar-refractivity contribution >= 4 is 40.7 Å². The number of ether oxygens (including phenoxy) is 1. The number of rotatable bonds is 3. The molecular weight excluding hydrogens is 508 g/mol. The van der Waals surface area contributed by atoms with Crippen LogP contribution < -0.4 is 4.90 Å². The number of hydrogen-bond acceptors (Lipinski definition) is 5. The molecule has 1 amide bonds. The van der Waals surface area contributed by atoms with Gasteiger partial charge in [0.05, 0.1) is 16.2 Å². The molecule has 2 aromatic heterocycles. The molecule has 4 rings (SSSR count). The molecule has 0 aliphatic carbocycles.